The van der Waals surface area contributed by atoms with Crippen molar-refractivity contribution in [1.29, 1.82) is 0 Å². The SMILES string of the molecule is [CH]c1cc(C(C)(C)C)on1. The van der Waals surface area contributed by atoms with Gasteiger partial charge in [0, 0.05) is 18.4 Å². The molecule has 0 atom stereocenters. The van der Waals surface area contributed by atoms with Gasteiger partial charge in [-0.15, -0.1) is 0 Å². The van der Waals surface area contributed by atoms with Crippen molar-refractivity contribution in [3.05, 3.63) is 24.4 Å². The van der Waals surface area contributed by atoms with Crippen LogP contribution in [0.1, 0.15) is 32.2 Å². The molecule has 1 rings (SSSR count). The summed E-state index contributed by atoms with van der Waals surface area (Å²) in [6, 6.07) is 1.75. The zero-order valence-electron chi connectivity index (χ0n) is 6.51. The zero-order valence-corrected chi connectivity index (χ0v) is 6.51. The average molecular weight is 137 g/mol. The maximum Gasteiger partial charge on any atom is 0.142 e. The second-order valence-electron chi connectivity index (χ2n) is 3.37. The fourth-order valence-electron chi connectivity index (χ4n) is 0.642. The van der Waals surface area contributed by atoms with Crippen molar-refractivity contribution in [3.63, 3.8) is 0 Å². The number of aromatic nitrogens is 1. The highest BCUT2D eigenvalue weighted by atomic mass is 16.5. The van der Waals surface area contributed by atoms with Gasteiger partial charge in [0.05, 0.1) is 5.69 Å². The molecular formula is C8H11NO. The van der Waals surface area contributed by atoms with E-state index in [1.165, 1.54) is 0 Å². The summed E-state index contributed by atoms with van der Waals surface area (Å²) in [4.78, 5) is 0. The lowest BCUT2D eigenvalue weighted by Gasteiger charge is -2.11. The summed E-state index contributed by atoms with van der Waals surface area (Å²) in [6.07, 6.45) is 0. The van der Waals surface area contributed by atoms with Crippen LogP contribution in [0, 0.1) is 6.92 Å². The first-order chi connectivity index (χ1) is 4.50. The van der Waals surface area contributed by atoms with Crippen molar-refractivity contribution in [2.24, 2.45) is 0 Å². The van der Waals surface area contributed by atoms with Crippen molar-refractivity contribution < 1.29 is 4.52 Å². The van der Waals surface area contributed by atoms with Gasteiger partial charge in [0.15, 0.2) is 0 Å². The fourth-order valence-corrected chi connectivity index (χ4v) is 0.642. The molecule has 0 aliphatic carbocycles. The molecule has 2 nitrogen and oxygen atoms in total. The lowest BCUT2D eigenvalue weighted by atomic mass is 9.93. The predicted molar refractivity (Wildman–Crippen MR) is 38.6 cm³/mol. The summed E-state index contributed by atoms with van der Waals surface area (Å²) in [5.74, 6) is 0.824. The van der Waals surface area contributed by atoms with Gasteiger partial charge in [-0.25, -0.2) is 0 Å². The van der Waals surface area contributed by atoms with Crippen LogP contribution in [-0.2, 0) is 5.41 Å². The molecule has 0 fully saturated rings. The van der Waals surface area contributed by atoms with Crippen molar-refractivity contribution in [2.75, 3.05) is 0 Å². The van der Waals surface area contributed by atoms with E-state index < -0.39 is 0 Å². The Labute approximate surface area is 61.2 Å². The maximum atomic E-state index is 5.37. The number of nitrogens with zero attached hydrogens (tertiary/aromatic N) is 1. The topological polar surface area (TPSA) is 26.0 Å². The van der Waals surface area contributed by atoms with Crippen molar-refractivity contribution in [3.8, 4) is 0 Å². The summed E-state index contributed by atoms with van der Waals surface area (Å²) in [7, 11) is 0. The Morgan fingerprint density at radius 1 is 1.50 bits per heavy atom. The molecule has 0 aromatic carbocycles. The first kappa shape index (κ1) is 7.32. The van der Waals surface area contributed by atoms with Crippen LogP contribution in [0.15, 0.2) is 10.6 Å². The molecule has 54 valence electrons. The minimum Gasteiger partial charge on any atom is -0.361 e. The van der Waals surface area contributed by atoms with Gasteiger partial charge in [-0.1, -0.05) is 25.9 Å². The van der Waals surface area contributed by atoms with E-state index >= 15 is 0 Å². The number of hydrogen-bond donors (Lipinski definition) is 0. The highest BCUT2D eigenvalue weighted by Crippen LogP contribution is 2.21. The molecule has 0 saturated carbocycles. The molecule has 0 saturated heterocycles. The predicted octanol–water partition coefficient (Wildman–Crippen LogP) is 2.03. The Kier molecular flexibility index (Phi) is 1.55. The molecular weight excluding hydrogens is 126 g/mol. The number of hydrogen-bond acceptors (Lipinski definition) is 2. The highest BCUT2D eigenvalue weighted by molar-refractivity contribution is 5.14. The molecule has 0 unspecified atom stereocenters. The smallest absolute Gasteiger partial charge is 0.142 e. The highest BCUT2D eigenvalue weighted by Gasteiger charge is 2.18. The first-order valence-corrected chi connectivity index (χ1v) is 3.23. The van der Waals surface area contributed by atoms with Gasteiger partial charge >= 0.3 is 0 Å². The van der Waals surface area contributed by atoms with Gasteiger partial charge in [0.25, 0.3) is 0 Å². The molecule has 1 heterocycles. The van der Waals surface area contributed by atoms with Crippen LogP contribution in [0.4, 0.5) is 0 Å². The van der Waals surface area contributed by atoms with Gasteiger partial charge < -0.3 is 4.52 Å². The van der Waals surface area contributed by atoms with E-state index in [4.69, 9.17) is 11.4 Å². The van der Waals surface area contributed by atoms with Crippen molar-refractivity contribution >= 4 is 0 Å². The molecule has 0 spiro atoms. The van der Waals surface area contributed by atoms with Gasteiger partial charge in [-0.05, 0) is 0 Å². The molecule has 2 heteroatoms. The molecule has 1 aromatic rings. The Balaban J connectivity index is 2.96. The van der Waals surface area contributed by atoms with Gasteiger partial charge in [0.2, 0.25) is 0 Å². The summed E-state index contributed by atoms with van der Waals surface area (Å²) in [5.41, 5.74) is 0.454. The molecule has 0 aliphatic heterocycles. The van der Waals surface area contributed by atoms with Crippen LogP contribution in [0.25, 0.3) is 0 Å². The summed E-state index contributed by atoms with van der Waals surface area (Å²) >= 11 is 0. The third kappa shape index (κ3) is 1.38. The summed E-state index contributed by atoms with van der Waals surface area (Å²) in [6.45, 7) is 11.5. The quantitative estimate of drug-likeness (QED) is 0.546. The lowest BCUT2D eigenvalue weighted by molar-refractivity contribution is 0.328. The van der Waals surface area contributed by atoms with E-state index in [-0.39, 0.29) is 5.41 Å². The van der Waals surface area contributed by atoms with Crippen LogP contribution in [0.3, 0.4) is 0 Å². The monoisotopic (exact) mass is 137 g/mol. The first-order valence-electron chi connectivity index (χ1n) is 3.23. The third-order valence-electron chi connectivity index (χ3n) is 1.27. The standard InChI is InChI=1S/C8H11NO/c1-6-5-7(10-9-6)8(2,3)4/h1,5H,2-4H3. The van der Waals surface area contributed by atoms with Crippen molar-refractivity contribution in [1.82, 2.24) is 5.16 Å². The Hall–Kier alpha value is -0.790. The van der Waals surface area contributed by atoms with Crippen LogP contribution < -0.4 is 0 Å². The zero-order chi connectivity index (χ0) is 7.78. The van der Waals surface area contributed by atoms with E-state index in [2.05, 4.69) is 5.16 Å². The second-order valence-corrected chi connectivity index (χ2v) is 3.37. The summed E-state index contributed by atoms with van der Waals surface area (Å²) in [5, 5.41) is 3.59. The summed E-state index contributed by atoms with van der Waals surface area (Å²) < 4.78 is 4.95. The van der Waals surface area contributed by atoms with Crippen molar-refractivity contribution in [2.45, 2.75) is 26.2 Å². The van der Waals surface area contributed by atoms with Crippen LogP contribution >= 0.6 is 0 Å². The Bertz CT molecular complexity index is 219. The Morgan fingerprint density at radius 3 is 2.30 bits per heavy atom. The molecule has 0 N–H and O–H groups in total. The largest absolute Gasteiger partial charge is 0.361 e. The van der Waals surface area contributed by atoms with E-state index in [9.17, 15) is 0 Å². The third-order valence-corrected chi connectivity index (χ3v) is 1.27. The molecule has 2 radical (unpaired) electrons. The maximum absolute atomic E-state index is 5.37. The van der Waals surface area contributed by atoms with E-state index in [1.807, 2.05) is 20.8 Å². The van der Waals surface area contributed by atoms with E-state index in [0.717, 1.165) is 5.76 Å². The molecule has 0 bridgehead atoms. The minimum absolute atomic E-state index is 0.00458. The molecule has 0 amide bonds. The second kappa shape index (κ2) is 2.11. The fraction of sp³-hybridized carbons (Fsp3) is 0.500. The van der Waals surface area contributed by atoms with E-state index in [0.29, 0.717) is 5.69 Å². The van der Waals surface area contributed by atoms with Crippen LogP contribution in [0.5, 0.6) is 0 Å². The molecule has 1 aromatic heterocycles. The minimum atomic E-state index is 0.00458. The Morgan fingerprint density at radius 2 is 2.10 bits per heavy atom. The lowest BCUT2D eigenvalue weighted by Crippen LogP contribution is -2.09. The van der Waals surface area contributed by atoms with E-state index in [1.54, 1.807) is 6.07 Å². The normalized spacial score (nSPS) is 12.0. The number of rotatable bonds is 0. The van der Waals surface area contributed by atoms with Crippen LogP contribution in [-0.4, -0.2) is 5.16 Å². The molecule has 0 aliphatic rings. The average Bonchev–Trinajstić information content (AvgIpc) is 2.11. The van der Waals surface area contributed by atoms with Gasteiger partial charge in [-0.3, -0.25) is 0 Å². The molecule has 10 heavy (non-hydrogen) atoms. The van der Waals surface area contributed by atoms with Gasteiger partial charge in [-0.2, -0.15) is 0 Å². The van der Waals surface area contributed by atoms with Gasteiger partial charge in [0.1, 0.15) is 5.76 Å². The van der Waals surface area contributed by atoms with Crippen LogP contribution in [0.2, 0.25) is 0 Å².